The molecule has 5 nitrogen and oxygen atoms in total. The third kappa shape index (κ3) is 1.75. The van der Waals surface area contributed by atoms with Gasteiger partial charge in [0.05, 0.1) is 22.4 Å². The lowest BCUT2D eigenvalue weighted by atomic mass is 9.68. The van der Waals surface area contributed by atoms with Gasteiger partial charge in [0, 0.05) is 18.6 Å². The van der Waals surface area contributed by atoms with Gasteiger partial charge in [-0.05, 0) is 30.7 Å². The minimum atomic E-state index is 0.159. The van der Waals surface area contributed by atoms with E-state index in [4.69, 9.17) is 10.5 Å². The van der Waals surface area contributed by atoms with Crippen LogP contribution in [0, 0.1) is 12.8 Å². The van der Waals surface area contributed by atoms with E-state index in [1.54, 1.807) is 17.7 Å². The zero-order valence-electron chi connectivity index (χ0n) is 11.4. The number of aryl methyl sites for hydroxylation is 1. The van der Waals surface area contributed by atoms with Gasteiger partial charge in [-0.3, -0.25) is 0 Å². The molecule has 2 aliphatic rings. The molecule has 4 atom stereocenters. The van der Waals surface area contributed by atoms with Crippen molar-refractivity contribution in [2.75, 3.05) is 11.9 Å². The van der Waals surface area contributed by atoms with Crippen LogP contribution < -0.4 is 11.1 Å². The maximum atomic E-state index is 6.29. The van der Waals surface area contributed by atoms with Crippen LogP contribution in [0.1, 0.15) is 18.4 Å². The van der Waals surface area contributed by atoms with Crippen molar-refractivity contribution in [2.24, 2.45) is 11.7 Å². The van der Waals surface area contributed by atoms with Gasteiger partial charge in [-0.2, -0.15) is 0 Å². The fraction of sp³-hybridized carbons (Fsp3) is 0.571. The van der Waals surface area contributed by atoms with Crippen molar-refractivity contribution in [1.82, 2.24) is 9.97 Å². The lowest BCUT2D eigenvalue weighted by Crippen LogP contribution is -2.69. The number of hydrogen-bond donors (Lipinski definition) is 2. The number of nitrogens with two attached hydrogens (primary N) is 1. The second kappa shape index (κ2) is 4.65. The summed E-state index contributed by atoms with van der Waals surface area (Å²) in [6.07, 6.45) is 4.17. The van der Waals surface area contributed by atoms with Crippen LogP contribution in [-0.4, -0.2) is 34.8 Å². The van der Waals surface area contributed by atoms with E-state index in [2.05, 4.69) is 27.6 Å². The third-order valence-electron chi connectivity index (χ3n) is 4.51. The van der Waals surface area contributed by atoms with Gasteiger partial charge in [-0.15, -0.1) is 11.3 Å². The highest BCUT2D eigenvalue weighted by atomic mass is 32.1. The first-order valence-electron chi connectivity index (χ1n) is 7.08. The van der Waals surface area contributed by atoms with Gasteiger partial charge in [0.2, 0.25) is 0 Å². The number of anilines is 1. The van der Waals surface area contributed by atoms with Gasteiger partial charge < -0.3 is 15.8 Å². The largest absolute Gasteiger partial charge is 0.376 e. The number of rotatable bonds is 2. The molecule has 3 heterocycles. The lowest BCUT2D eigenvalue weighted by molar-refractivity contribution is -0.104. The van der Waals surface area contributed by atoms with Crippen LogP contribution in [0.4, 0.5) is 5.82 Å². The second-order valence-corrected chi connectivity index (χ2v) is 6.59. The molecule has 2 fully saturated rings. The van der Waals surface area contributed by atoms with E-state index in [0.29, 0.717) is 5.92 Å². The van der Waals surface area contributed by atoms with E-state index >= 15 is 0 Å². The molecule has 2 aromatic heterocycles. The minimum Gasteiger partial charge on any atom is -0.376 e. The lowest BCUT2D eigenvalue weighted by Gasteiger charge is -2.52. The van der Waals surface area contributed by atoms with Gasteiger partial charge in [0.1, 0.15) is 12.1 Å². The summed E-state index contributed by atoms with van der Waals surface area (Å²) >= 11 is 1.68. The zero-order valence-corrected chi connectivity index (χ0v) is 12.2. The maximum Gasteiger partial charge on any atom is 0.147 e. The van der Waals surface area contributed by atoms with Gasteiger partial charge in [0.25, 0.3) is 0 Å². The SMILES string of the molecule is Cc1csc2c(NC3C(N)C4CCCOC43)ncnc12. The Morgan fingerprint density at radius 1 is 1.45 bits per heavy atom. The quantitative estimate of drug-likeness (QED) is 0.884. The van der Waals surface area contributed by atoms with Crippen LogP contribution in [0.15, 0.2) is 11.7 Å². The molecule has 4 rings (SSSR count). The first-order chi connectivity index (χ1) is 9.75. The Hall–Kier alpha value is -1.24. The Kier molecular flexibility index (Phi) is 2.90. The van der Waals surface area contributed by atoms with Gasteiger partial charge >= 0.3 is 0 Å². The van der Waals surface area contributed by atoms with Crippen molar-refractivity contribution in [2.45, 2.75) is 38.0 Å². The van der Waals surface area contributed by atoms with Crippen LogP contribution in [0.2, 0.25) is 0 Å². The predicted octanol–water partition coefficient (Wildman–Crippen LogP) is 1.92. The average Bonchev–Trinajstić information content (AvgIpc) is 2.87. The Balaban J connectivity index is 1.62. The molecule has 1 saturated carbocycles. The Labute approximate surface area is 121 Å². The number of hydrogen-bond acceptors (Lipinski definition) is 6. The van der Waals surface area contributed by atoms with E-state index in [0.717, 1.165) is 29.1 Å². The summed E-state index contributed by atoms with van der Waals surface area (Å²) in [5, 5.41) is 5.61. The summed E-state index contributed by atoms with van der Waals surface area (Å²) < 4.78 is 6.97. The predicted molar refractivity (Wildman–Crippen MR) is 80.0 cm³/mol. The van der Waals surface area contributed by atoms with Gasteiger partial charge in [0.15, 0.2) is 0 Å². The Morgan fingerprint density at radius 3 is 3.25 bits per heavy atom. The summed E-state index contributed by atoms with van der Waals surface area (Å²) in [6.45, 7) is 2.92. The van der Waals surface area contributed by atoms with Crippen molar-refractivity contribution < 1.29 is 4.74 Å². The highest BCUT2D eigenvalue weighted by molar-refractivity contribution is 7.18. The molecule has 6 heteroatoms. The molecule has 0 aromatic carbocycles. The molecule has 4 unspecified atom stereocenters. The van der Waals surface area contributed by atoms with Crippen LogP contribution in [-0.2, 0) is 4.74 Å². The topological polar surface area (TPSA) is 73.1 Å². The van der Waals surface area contributed by atoms with Crippen molar-refractivity contribution in [3.63, 3.8) is 0 Å². The van der Waals surface area contributed by atoms with Crippen molar-refractivity contribution in [1.29, 1.82) is 0 Å². The van der Waals surface area contributed by atoms with E-state index in [9.17, 15) is 0 Å². The fourth-order valence-corrected chi connectivity index (χ4v) is 4.31. The standard InChI is InChI=1S/C14H18N4OS/c1-7-5-20-13-10(7)16-6-17-14(13)18-11-9(15)8-3-2-4-19-12(8)11/h5-6,8-9,11-12H,2-4,15H2,1H3,(H,16,17,18). The van der Waals surface area contributed by atoms with Crippen LogP contribution in [0.25, 0.3) is 10.2 Å². The van der Waals surface area contributed by atoms with E-state index in [1.807, 2.05) is 0 Å². The van der Waals surface area contributed by atoms with E-state index < -0.39 is 0 Å². The molecule has 106 valence electrons. The summed E-state index contributed by atoms with van der Waals surface area (Å²) in [5.41, 5.74) is 8.52. The molecule has 0 bridgehead atoms. The Morgan fingerprint density at radius 2 is 2.35 bits per heavy atom. The molecule has 0 amide bonds. The zero-order chi connectivity index (χ0) is 13.7. The monoisotopic (exact) mass is 290 g/mol. The molecular weight excluding hydrogens is 272 g/mol. The smallest absolute Gasteiger partial charge is 0.147 e. The first kappa shape index (κ1) is 12.5. The molecule has 0 radical (unpaired) electrons. The minimum absolute atomic E-state index is 0.159. The second-order valence-electron chi connectivity index (χ2n) is 5.71. The van der Waals surface area contributed by atoms with Crippen molar-refractivity contribution >= 4 is 27.4 Å². The van der Waals surface area contributed by atoms with Crippen molar-refractivity contribution in [3.8, 4) is 0 Å². The number of ether oxygens (including phenoxy) is 1. The Bertz CT molecular complexity index is 643. The van der Waals surface area contributed by atoms with Gasteiger partial charge in [-0.25, -0.2) is 9.97 Å². The van der Waals surface area contributed by atoms with Crippen molar-refractivity contribution in [3.05, 3.63) is 17.3 Å². The number of fused-ring (bicyclic) bond motifs is 2. The molecule has 0 spiro atoms. The molecule has 1 saturated heterocycles. The molecule has 20 heavy (non-hydrogen) atoms. The van der Waals surface area contributed by atoms with Crippen LogP contribution in [0.5, 0.6) is 0 Å². The molecule has 2 aromatic rings. The van der Waals surface area contributed by atoms with E-state index in [-0.39, 0.29) is 18.2 Å². The summed E-state index contributed by atoms with van der Waals surface area (Å²) in [4.78, 5) is 8.74. The highest BCUT2D eigenvalue weighted by Gasteiger charge is 2.50. The molecular formula is C14H18N4OS. The van der Waals surface area contributed by atoms with Crippen LogP contribution >= 0.6 is 11.3 Å². The summed E-state index contributed by atoms with van der Waals surface area (Å²) in [5.74, 6) is 1.39. The first-order valence-corrected chi connectivity index (χ1v) is 7.96. The number of thiophene rings is 1. The molecule has 1 aliphatic heterocycles. The highest BCUT2D eigenvalue weighted by Crippen LogP contribution is 2.39. The summed E-state index contributed by atoms with van der Waals surface area (Å²) in [6, 6.07) is 0.326. The fourth-order valence-electron chi connectivity index (χ4n) is 3.36. The molecule has 1 aliphatic carbocycles. The maximum absolute atomic E-state index is 6.29. The molecule has 3 N–H and O–H groups in total. The van der Waals surface area contributed by atoms with Gasteiger partial charge in [-0.1, -0.05) is 0 Å². The third-order valence-corrected chi connectivity index (χ3v) is 5.61. The van der Waals surface area contributed by atoms with Crippen LogP contribution in [0.3, 0.4) is 0 Å². The van der Waals surface area contributed by atoms with E-state index in [1.165, 1.54) is 12.0 Å². The number of nitrogens with zero attached hydrogens (tertiary/aromatic N) is 2. The normalized spacial score (nSPS) is 32.7. The number of nitrogens with one attached hydrogen (secondary N) is 1. The number of aromatic nitrogens is 2. The average molecular weight is 290 g/mol. The summed E-state index contributed by atoms with van der Waals surface area (Å²) in [7, 11) is 0.